The highest BCUT2D eigenvalue weighted by atomic mass is 32.2. The molecule has 0 radical (unpaired) electrons. The van der Waals surface area contributed by atoms with Gasteiger partial charge < -0.3 is 14.5 Å². The third-order valence-corrected chi connectivity index (χ3v) is 5.52. The highest BCUT2D eigenvalue weighted by Gasteiger charge is 2.46. The third kappa shape index (κ3) is 4.08. The van der Waals surface area contributed by atoms with E-state index in [2.05, 4.69) is 5.32 Å². The zero-order valence-electron chi connectivity index (χ0n) is 14.3. The number of nitrogens with one attached hydrogen (secondary N) is 1. The van der Waals surface area contributed by atoms with Crippen LogP contribution in [0.1, 0.15) is 19.6 Å². The molecule has 1 saturated heterocycles. The molecule has 2 amide bonds. The molecule has 6 nitrogen and oxygen atoms in total. The first-order chi connectivity index (χ1) is 12.4. The van der Waals surface area contributed by atoms with Crippen LogP contribution in [0.2, 0.25) is 0 Å². The van der Waals surface area contributed by atoms with Gasteiger partial charge in [0.15, 0.2) is 0 Å². The van der Waals surface area contributed by atoms with Crippen LogP contribution in [0.25, 0.3) is 0 Å². The topological polar surface area (TPSA) is 71.8 Å². The fraction of sp³-hybridized carbons (Fsp3) is 0.278. The minimum atomic E-state index is -0.787. The van der Waals surface area contributed by atoms with Crippen molar-refractivity contribution in [1.29, 1.82) is 0 Å². The second-order valence-corrected chi connectivity index (χ2v) is 8.54. The van der Waals surface area contributed by atoms with Gasteiger partial charge in [-0.1, -0.05) is 42.2 Å². The molecule has 3 rings (SSSR count). The van der Waals surface area contributed by atoms with Gasteiger partial charge in [-0.15, -0.1) is 0 Å². The Labute approximate surface area is 160 Å². The lowest BCUT2D eigenvalue weighted by molar-refractivity contribution is -0.130. The summed E-state index contributed by atoms with van der Waals surface area (Å²) in [6.45, 7) is 3.94. The SMILES string of the molecule is CC1(C)SC(=S)N(Cc2ccco2)C(=O)C1NC(=O)Oc1ccccc1. The summed E-state index contributed by atoms with van der Waals surface area (Å²) >= 11 is 6.74. The number of thioether (sulfide) groups is 1. The van der Waals surface area contributed by atoms with E-state index in [1.165, 1.54) is 22.9 Å². The predicted octanol–water partition coefficient (Wildman–Crippen LogP) is 3.58. The molecule has 2 aromatic rings. The van der Waals surface area contributed by atoms with Gasteiger partial charge in [-0.3, -0.25) is 9.69 Å². The quantitative estimate of drug-likeness (QED) is 0.805. The van der Waals surface area contributed by atoms with Crippen LogP contribution in [0, 0.1) is 0 Å². The lowest BCUT2D eigenvalue weighted by Crippen LogP contribution is -2.62. The molecule has 0 aliphatic carbocycles. The van der Waals surface area contributed by atoms with Gasteiger partial charge in [0.25, 0.3) is 5.91 Å². The van der Waals surface area contributed by atoms with Crippen molar-refractivity contribution in [2.75, 3.05) is 0 Å². The molecule has 136 valence electrons. The molecule has 2 heterocycles. The average Bonchev–Trinajstić information content (AvgIpc) is 3.09. The maximum absolute atomic E-state index is 13.0. The van der Waals surface area contributed by atoms with Crippen LogP contribution in [0.3, 0.4) is 0 Å². The minimum absolute atomic E-state index is 0.222. The Morgan fingerprint density at radius 3 is 2.69 bits per heavy atom. The van der Waals surface area contributed by atoms with Crippen molar-refractivity contribution >= 4 is 40.3 Å². The molecule has 1 unspecified atom stereocenters. The van der Waals surface area contributed by atoms with Crippen LogP contribution < -0.4 is 10.1 Å². The Morgan fingerprint density at radius 2 is 2.04 bits per heavy atom. The average molecular weight is 390 g/mol. The van der Waals surface area contributed by atoms with E-state index in [1.807, 2.05) is 19.9 Å². The number of ether oxygens (including phenoxy) is 1. The Bertz CT molecular complexity index is 806. The zero-order valence-corrected chi connectivity index (χ0v) is 15.9. The highest BCUT2D eigenvalue weighted by Crippen LogP contribution is 2.37. The first kappa shape index (κ1) is 18.5. The monoisotopic (exact) mass is 390 g/mol. The Hall–Kier alpha value is -2.32. The van der Waals surface area contributed by atoms with Crippen molar-refractivity contribution in [3.05, 3.63) is 54.5 Å². The molecule has 1 fully saturated rings. The van der Waals surface area contributed by atoms with Crippen LogP contribution in [0.4, 0.5) is 4.79 Å². The largest absolute Gasteiger partial charge is 0.467 e. The summed E-state index contributed by atoms with van der Waals surface area (Å²) in [5.74, 6) is 0.730. The van der Waals surface area contributed by atoms with Crippen molar-refractivity contribution in [2.45, 2.75) is 31.2 Å². The molecular formula is C18H18N2O4S2. The standard InChI is InChI=1S/C18H18N2O4S2/c1-18(2)14(19-16(22)24-12-7-4-3-5-8-12)15(21)20(17(25)26-18)11-13-9-6-10-23-13/h3-10,14H,11H2,1-2H3,(H,19,22). The molecule has 0 bridgehead atoms. The molecule has 0 saturated carbocycles. The molecule has 1 atom stereocenters. The summed E-state index contributed by atoms with van der Waals surface area (Å²) < 4.78 is 10.4. The van der Waals surface area contributed by atoms with E-state index in [0.29, 0.717) is 15.8 Å². The number of hydrogen-bond acceptors (Lipinski definition) is 6. The zero-order chi connectivity index (χ0) is 18.7. The summed E-state index contributed by atoms with van der Waals surface area (Å²) in [7, 11) is 0. The molecule has 1 aliphatic heterocycles. The van der Waals surface area contributed by atoms with Gasteiger partial charge in [-0.05, 0) is 38.1 Å². The van der Waals surface area contributed by atoms with Crippen LogP contribution in [0.15, 0.2) is 53.1 Å². The lowest BCUT2D eigenvalue weighted by Gasteiger charge is -2.42. The number of para-hydroxylation sites is 1. The maximum Gasteiger partial charge on any atom is 0.413 e. The van der Waals surface area contributed by atoms with E-state index >= 15 is 0 Å². The van der Waals surface area contributed by atoms with Gasteiger partial charge in [0, 0.05) is 4.75 Å². The predicted molar refractivity (Wildman–Crippen MR) is 103 cm³/mol. The Kier molecular flexibility index (Phi) is 5.33. The van der Waals surface area contributed by atoms with Gasteiger partial charge in [0.1, 0.15) is 21.9 Å². The number of hydrogen-bond donors (Lipinski definition) is 1. The van der Waals surface area contributed by atoms with Crippen LogP contribution >= 0.6 is 24.0 Å². The van der Waals surface area contributed by atoms with E-state index in [-0.39, 0.29) is 12.5 Å². The molecule has 0 spiro atoms. The molecule has 1 aliphatic rings. The summed E-state index contributed by atoms with van der Waals surface area (Å²) in [5, 5.41) is 2.67. The van der Waals surface area contributed by atoms with E-state index in [1.54, 1.807) is 36.4 Å². The fourth-order valence-electron chi connectivity index (χ4n) is 2.56. The van der Waals surface area contributed by atoms with Gasteiger partial charge in [-0.2, -0.15) is 0 Å². The Morgan fingerprint density at radius 1 is 1.31 bits per heavy atom. The summed E-state index contributed by atoms with van der Waals surface area (Å²) in [5.41, 5.74) is 0. The smallest absolute Gasteiger partial charge is 0.413 e. The summed E-state index contributed by atoms with van der Waals surface area (Å²) in [6, 6.07) is 11.4. The number of thiocarbonyl (C=S) groups is 1. The Balaban J connectivity index is 1.74. The molecule has 1 N–H and O–H groups in total. The number of amides is 2. The summed E-state index contributed by atoms with van der Waals surface area (Å²) in [6.07, 6.45) is 0.852. The number of rotatable bonds is 4. The normalized spacial score (nSPS) is 19.3. The molecular weight excluding hydrogens is 372 g/mol. The first-order valence-corrected chi connectivity index (χ1v) is 9.19. The minimum Gasteiger partial charge on any atom is -0.467 e. The number of furan rings is 1. The van der Waals surface area contributed by atoms with Crippen molar-refractivity contribution in [3.8, 4) is 5.75 Å². The second kappa shape index (κ2) is 7.51. The van der Waals surface area contributed by atoms with Crippen molar-refractivity contribution < 1.29 is 18.7 Å². The van der Waals surface area contributed by atoms with Crippen molar-refractivity contribution in [1.82, 2.24) is 10.2 Å². The molecule has 1 aromatic carbocycles. The lowest BCUT2D eigenvalue weighted by atomic mass is 10.0. The van der Waals surface area contributed by atoms with Crippen molar-refractivity contribution in [2.24, 2.45) is 0 Å². The van der Waals surface area contributed by atoms with Gasteiger partial charge in [0.2, 0.25) is 0 Å². The maximum atomic E-state index is 13.0. The number of carbonyl (C=O) groups is 2. The number of nitrogens with zero attached hydrogens (tertiary/aromatic N) is 1. The van der Waals surface area contributed by atoms with Gasteiger partial charge >= 0.3 is 6.09 Å². The molecule has 8 heteroatoms. The van der Waals surface area contributed by atoms with Gasteiger partial charge in [-0.25, -0.2) is 4.79 Å². The van der Waals surface area contributed by atoms with Gasteiger partial charge in [0.05, 0.1) is 12.8 Å². The fourth-order valence-corrected chi connectivity index (χ4v) is 4.35. The number of benzene rings is 1. The van der Waals surface area contributed by atoms with E-state index in [0.717, 1.165) is 0 Å². The van der Waals surface area contributed by atoms with Crippen LogP contribution in [-0.2, 0) is 11.3 Å². The second-order valence-electron chi connectivity index (χ2n) is 6.26. The summed E-state index contributed by atoms with van der Waals surface area (Å²) in [4.78, 5) is 26.7. The van der Waals surface area contributed by atoms with Crippen LogP contribution in [0.5, 0.6) is 5.75 Å². The number of carbonyl (C=O) groups excluding carboxylic acids is 2. The molecule has 26 heavy (non-hydrogen) atoms. The van der Waals surface area contributed by atoms with E-state index in [4.69, 9.17) is 21.4 Å². The third-order valence-electron chi connectivity index (χ3n) is 3.89. The van der Waals surface area contributed by atoms with Crippen molar-refractivity contribution in [3.63, 3.8) is 0 Å². The first-order valence-electron chi connectivity index (χ1n) is 7.97. The van der Waals surface area contributed by atoms with E-state index in [9.17, 15) is 9.59 Å². The van der Waals surface area contributed by atoms with E-state index < -0.39 is 16.9 Å². The highest BCUT2D eigenvalue weighted by molar-refractivity contribution is 8.24. The van der Waals surface area contributed by atoms with Crippen LogP contribution in [-0.4, -0.2) is 32.0 Å². The molecule has 1 aromatic heterocycles.